The van der Waals surface area contributed by atoms with Crippen LogP contribution in [0.15, 0.2) is 49.6 Å². The van der Waals surface area contributed by atoms with Crippen molar-refractivity contribution >= 4 is 22.6 Å². The average molecular weight is 420 g/mol. The van der Waals surface area contributed by atoms with E-state index in [1.807, 2.05) is 19.1 Å². The lowest BCUT2D eigenvalue weighted by molar-refractivity contribution is 0.366. The minimum atomic E-state index is -0.167. The van der Waals surface area contributed by atoms with Crippen LogP contribution in [-0.4, -0.2) is 44.2 Å². The highest BCUT2D eigenvalue weighted by Crippen LogP contribution is 2.33. The van der Waals surface area contributed by atoms with E-state index in [1.165, 1.54) is 29.7 Å². The molecule has 4 heteroatoms. The Labute approximate surface area is 186 Å². The molecule has 2 saturated heterocycles. The highest BCUT2D eigenvalue weighted by atomic mass is 19.1. The summed E-state index contributed by atoms with van der Waals surface area (Å²) in [7, 11) is 0. The molecule has 4 rings (SSSR count). The van der Waals surface area contributed by atoms with Gasteiger partial charge in [0, 0.05) is 56.2 Å². The van der Waals surface area contributed by atoms with E-state index in [0.29, 0.717) is 5.69 Å². The minimum absolute atomic E-state index is 0.167. The zero-order valence-electron chi connectivity index (χ0n) is 19.0. The minimum Gasteiger partial charge on any atom is -0.371 e. The summed E-state index contributed by atoms with van der Waals surface area (Å²) >= 11 is 0. The Hall–Kier alpha value is -2.75. The highest BCUT2D eigenvalue weighted by Gasteiger charge is 2.24. The number of piperazine rings is 1. The molecule has 0 spiro atoms. The van der Waals surface area contributed by atoms with E-state index < -0.39 is 0 Å². The van der Waals surface area contributed by atoms with Gasteiger partial charge < -0.3 is 14.7 Å². The largest absolute Gasteiger partial charge is 0.371 e. The van der Waals surface area contributed by atoms with E-state index in [9.17, 15) is 4.39 Å². The quantitative estimate of drug-likeness (QED) is 0.585. The standard InChI is InChI=1S/C27H34FN3/c1-5-22-8-10-26(30-12-6-7-13-30)24(18-22)21(4)29-14-16-31(17-15-29)27-11-9-23(20(2)3)19-25(27)28/h8-11,18-19H,2,4-7,12-17H2,1,3H3. The molecule has 2 heterocycles. The first-order chi connectivity index (χ1) is 15.0. The highest BCUT2D eigenvalue weighted by molar-refractivity contribution is 5.76. The van der Waals surface area contributed by atoms with Crippen molar-refractivity contribution in [3.05, 3.63) is 72.1 Å². The summed E-state index contributed by atoms with van der Waals surface area (Å²) in [5.74, 6) is -0.167. The molecule has 0 N–H and O–H groups in total. The molecule has 2 aliphatic rings. The van der Waals surface area contributed by atoms with Gasteiger partial charge in [-0.25, -0.2) is 4.39 Å². The Kier molecular flexibility index (Phi) is 6.35. The van der Waals surface area contributed by atoms with Gasteiger partial charge in [0.1, 0.15) is 5.82 Å². The molecule has 0 saturated carbocycles. The van der Waals surface area contributed by atoms with Gasteiger partial charge in [0.05, 0.1) is 5.69 Å². The maximum atomic E-state index is 14.7. The predicted molar refractivity (Wildman–Crippen MR) is 131 cm³/mol. The fourth-order valence-electron chi connectivity index (χ4n) is 4.68. The molecule has 2 aliphatic heterocycles. The molecule has 0 unspecified atom stereocenters. The van der Waals surface area contributed by atoms with Crippen LogP contribution in [0.1, 0.15) is 43.4 Å². The van der Waals surface area contributed by atoms with E-state index in [1.54, 1.807) is 6.07 Å². The van der Waals surface area contributed by atoms with Crippen LogP contribution in [0.2, 0.25) is 0 Å². The fraction of sp³-hybridized carbons (Fsp3) is 0.407. The molecule has 3 nitrogen and oxygen atoms in total. The molecular formula is C27H34FN3. The first kappa shape index (κ1) is 21.5. The van der Waals surface area contributed by atoms with Crippen LogP contribution in [0.25, 0.3) is 11.3 Å². The molecule has 0 atom stereocenters. The van der Waals surface area contributed by atoms with E-state index in [-0.39, 0.29) is 5.82 Å². The Morgan fingerprint density at radius 2 is 1.52 bits per heavy atom. The molecule has 2 aromatic rings. The molecule has 2 fully saturated rings. The summed E-state index contributed by atoms with van der Waals surface area (Å²) in [4.78, 5) is 7.00. The van der Waals surface area contributed by atoms with Crippen molar-refractivity contribution in [1.29, 1.82) is 0 Å². The molecule has 2 aromatic carbocycles. The summed E-state index contributed by atoms with van der Waals surface area (Å²) < 4.78 is 14.7. The number of nitrogens with zero attached hydrogens (tertiary/aromatic N) is 3. The second-order valence-electron chi connectivity index (χ2n) is 8.77. The number of benzene rings is 2. The van der Waals surface area contributed by atoms with Crippen LogP contribution in [0, 0.1) is 5.82 Å². The summed E-state index contributed by atoms with van der Waals surface area (Å²) in [5, 5.41) is 0. The van der Waals surface area contributed by atoms with Gasteiger partial charge in [-0.3, -0.25) is 0 Å². The van der Waals surface area contributed by atoms with Crippen molar-refractivity contribution in [1.82, 2.24) is 4.90 Å². The molecule has 0 amide bonds. The summed E-state index contributed by atoms with van der Waals surface area (Å²) in [5.41, 5.74) is 7.43. The van der Waals surface area contributed by atoms with Gasteiger partial charge in [0.15, 0.2) is 0 Å². The van der Waals surface area contributed by atoms with Crippen LogP contribution >= 0.6 is 0 Å². The Morgan fingerprint density at radius 1 is 0.871 bits per heavy atom. The molecule has 0 radical (unpaired) electrons. The number of halogens is 1. The molecule has 0 bridgehead atoms. The first-order valence-corrected chi connectivity index (χ1v) is 11.5. The van der Waals surface area contributed by atoms with Crippen molar-refractivity contribution < 1.29 is 4.39 Å². The normalized spacial score (nSPS) is 16.7. The van der Waals surface area contributed by atoms with Crippen LogP contribution in [0.3, 0.4) is 0 Å². The van der Waals surface area contributed by atoms with Crippen molar-refractivity contribution in [2.75, 3.05) is 49.1 Å². The van der Waals surface area contributed by atoms with Gasteiger partial charge >= 0.3 is 0 Å². The number of hydrogen-bond acceptors (Lipinski definition) is 3. The maximum Gasteiger partial charge on any atom is 0.147 e. The van der Waals surface area contributed by atoms with Crippen LogP contribution < -0.4 is 9.80 Å². The first-order valence-electron chi connectivity index (χ1n) is 11.5. The van der Waals surface area contributed by atoms with Gasteiger partial charge in [-0.15, -0.1) is 0 Å². The SMILES string of the molecule is C=C(C)c1ccc(N2CCN(C(=C)c3cc(CC)ccc3N3CCCC3)CC2)c(F)c1. The molecule has 0 aliphatic carbocycles. The number of rotatable bonds is 6. The number of hydrogen-bond donors (Lipinski definition) is 0. The lowest BCUT2D eigenvalue weighted by Gasteiger charge is -2.39. The lowest BCUT2D eigenvalue weighted by atomic mass is 10.0. The average Bonchev–Trinajstić information content (AvgIpc) is 3.33. The Bertz CT molecular complexity index is 966. The monoisotopic (exact) mass is 419 g/mol. The van der Waals surface area contributed by atoms with Crippen molar-refractivity contribution in [2.45, 2.75) is 33.1 Å². The third-order valence-corrected chi connectivity index (χ3v) is 6.67. The second-order valence-corrected chi connectivity index (χ2v) is 8.77. The topological polar surface area (TPSA) is 9.72 Å². The van der Waals surface area contributed by atoms with Gasteiger partial charge in [0.25, 0.3) is 0 Å². The number of allylic oxidation sites excluding steroid dienone is 1. The zero-order valence-corrected chi connectivity index (χ0v) is 19.0. The third-order valence-electron chi connectivity index (χ3n) is 6.67. The van der Waals surface area contributed by atoms with Gasteiger partial charge in [-0.2, -0.15) is 0 Å². The van der Waals surface area contributed by atoms with Gasteiger partial charge in [0.2, 0.25) is 0 Å². The van der Waals surface area contributed by atoms with Crippen molar-refractivity contribution in [3.63, 3.8) is 0 Å². The Balaban J connectivity index is 1.49. The smallest absolute Gasteiger partial charge is 0.147 e. The summed E-state index contributed by atoms with van der Waals surface area (Å²) in [6.45, 7) is 18.0. The van der Waals surface area contributed by atoms with E-state index >= 15 is 0 Å². The third kappa shape index (κ3) is 4.48. The summed E-state index contributed by atoms with van der Waals surface area (Å²) in [6.07, 6.45) is 3.54. The molecular weight excluding hydrogens is 385 g/mol. The van der Waals surface area contributed by atoms with Crippen molar-refractivity contribution in [2.24, 2.45) is 0 Å². The van der Waals surface area contributed by atoms with Crippen LogP contribution in [0.4, 0.5) is 15.8 Å². The van der Waals surface area contributed by atoms with E-state index in [0.717, 1.165) is 62.5 Å². The van der Waals surface area contributed by atoms with Crippen molar-refractivity contribution in [3.8, 4) is 0 Å². The van der Waals surface area contributed by atoms with E-state index in [4.69, 9.17) is 0 Å². The van der Waals surface area contributed by atoms with Crippen LogP contribution in [0.5, 0.6) is 0 Å². The lowest BCUT2D eigenvalue weighted by Crippen LogP contribution is -2.45. The van der Waals surface area contributed by atoms with Gasteiger partial charge in [-0.1, -0.05) is 37.8 Å². The van der Waals surface area contributed by atoms with E-state index in [2.05, 4.69) is 53.0 Å². The maximum absolute atomic E-state index is 14.7. The van der Waals surface area contributed by atoms with Gasteiger partial charge in [-0.05, 0) is 61.6 Å². The Morgan fingerprint density at radius 3 is 2.13 bits per heavy atom. The van der Waals surface area contributed by atoms with Crippen LogP contribution in [-0.2, 0) is 6.42 Å². The zero-order chi connectivity index (χ0) is 22.0. The second kappa shape index (κ2) is 9.17. The predicted octanol–water partition coefficient (Wildman–Crippen LogP) is 5.81. The number of anilines is 2. The fourth-order valence-corrected chi connectivity index (χ4v) is 4.68. The number of aryl methyl sites for hydroxylation is 1. The molecule has 164 valence electrons. The molecule has 0 aromatic heterocycles. The molecule has 31 heavy (non-hydrogen) atoms. The summed E-state index contributed by atoms with van der Waals surface area (Å²) in [6, 6.07) is 12.3.